The second-order valence-electron chi connectivity index (χ2n) is 3.15. The maximum atomic E-state index is 9.90. The van der Waals surface area contributed by atoms with Gasteiger partial charge in [0.1, 0.15) is 0 Å². The molecule has 0 unspecified atom stereocenters. The minimum atomic E-state index is -0.853. The number of hydrogen-bond acceptors (Lipinski definition) is 4. The van der Waals surface area contributed by atoms with Crippen LogP contribution in [0.15, 0.2) is 0 Å². The van der Waals surface area contributed by atoms with Gasteiger partial charge in [0.25, 0.3) is 0 Å². The summed E-state index contributed by atoms with van der Waals surface area (Å²) in [4.78, 5) is 19.5. The number of hydrogen-bond donors (Lipinski definition) is 4. The van der Waals surface area contributed by atoms with Gasteiger partial charge in [-0.1, -0.05) is 6.42 Å². The smallest absolute Gasteiger partial charge is 0.303 e. The van der Waals surface area contributed by atoms with Crippen LogP contribution in [-0.2, 0) is 9.59 Å². The van der Waals surface area contributed by atoms with Gasteiger partial charge in [0.15, 0.2) is 0 Å². The molecule has 0 amide bonds. The summed E-state index contributed by atoms with van der Waals surface area (Å²) in [5, 5.41) is 32.4. The van der Waals surface area contributed by atoms with Crippen molar-refractivity contribution in [3.05, 3.63) is 0 Å². The van der Waals surface area contributed by atoms with Crippen LogP contribution in [0.1, 0.15) is 38.5 Å². The Labute approximate surface area is 94.5 Å². The van der Waals surface area contributed by atoms with Gasteiger partial charge in [0, 0.05) is 26.1 Å². The van der Waals surface area contributed by atoms with Crippen LogP contribution < -0.4 is 0 Å². The van der Waals surface area contributed by atoms with Crippen LogP contribution in [0.4, 0.5) is 0 Å². The van der Waals surface area contributed by atoms with Gasteiger partial charge in [-0.25, -0.2) is 0 Å². The van der Waals surface area contributed by atoms with Crippen molar-refractivity contribution in [2.24, 2.45) is 0 Å². The lowest BCUT2D eigenvalue weighted by atomic mass is 10.2. The first-order valence-corrected chi connectivity index (χ1v) is 5.20. The standard InChI is InChI=1S/C6H12O3.C4H8O3/c7-5-3-1-2-4-6(8)9;5-3-1-2-4(6)7/h7H,1-5H2,(H,8,9);5H,1-3H2,(H,6,7). The van der Waals surface area contributed by atoms with Crippen LogP contribution in [-0.4, -0.2) is 45.6 Å². The van der Waals surface area contributed by atoms with Crippen LogP contribution in [0.3, 0.4) is 0 Å². The second-order valence-corrected chi connectivity index (χ2v) is 3.15. The van der Waals surface area contributed by atoms with E-state index < -0.39 is 11.9 Å². The number of unbranched alkanes of at least 4 members (excludes halogenated alkanes) is 2. The maximum Gasteiger partial charge on any atom is 0.303 e. The predicted molar refractivity (Wildman–Crippen MR) is 57.1 cm³/mol. The molecular weight excluding hydrogens is 216 g/mol. The molecule has 0 bridgehead atoms. The van der Waals surface area contributed by atoms with Crippen molar-refractivity contribution < 1.29 is 30.0 Å². The lowest BCUT2D eigenvalue weighted by Crippen LogP contribution is -1.95. The number of carbonyl (C=O) groups is 2. The molecule has 0 aliphatic carbocycles. The molecular formula is C10H20O6. The quantitative estimate of drug-likeness (QED) is 0.455. The van der Waals surface area contributed by atoms with Crippen molar-refractivity contribution in [1.29, 1.82) is 0 Å². The number of carboxylic acid groups (broad SMARTS) is 2. The van der Waals surface area contributed by atoms with Crippen LogP contribution in [0.25, 0.3) is 0 Å². The van der Waals surface area contributed by atoms with Gasteiger partial charge in [0.2, 0.25) is 0 Å². The SMILES string of the molecule is O=C(O)CCCCCO.O=C(O)CCCO. The Hall–Kier alpha value is -1.14. The normalized spacial score (nSPS) is 9.12. The Morgan fingerprint density at radius 1 is 0.688 bits per heavy atom. The molecule has 0 radical (unpaired) electrons. The lowest BCUT2D eigenvalue weighted by Gasteiger charge is -1.92. The van der Waals surface area contributed by atoms with Crippen molar-refractivity contribution in [2.75, 3.05) is 13.2 Å². The molecule has 0 rings (SSSR count). The van der Waals surface area contributed by atoms with Crippen LogP contribution in [0, 0.1) is 0 Å². The monoisotopic (exact) mass is 236 g/mol. The summed E-state index contributed by atoms with van der Waals surface area (Å²) < 4.78 is 0. The zero-order valence-corrected chi connectivity index (χ0v) is 9.26. The summed E-state index contributed by atoms with van der Waals surface area (Å²) in [5.74, 6) is -1.61. The molecule has 4 N–H and O–H groups in total. The first kappa shape index (κ1) is 17.3. The molecule has 0 saturated heterocycles. The second kappa shape index (κ2) is 13.9. The van der Waals surface area contributed by atoms with E-state index in [2.05, 4.69) is 0 Å². The lowest BCUT2D eigenvalue weighted by molar-refractivity contribution is -0.138. The highest BCUT2D eigenvalue weighted by molar-refractivity contribution is 5.66. The highest BCUT2D eigenvalue weighted by atomic mass is 16.4. The van der Waals surface area contributed by atoms with E-state index in [1.165, 1.54) is 0 Å². The van der Waals surface area contributed by atoms with Crippen LogP contribution in [0.5, 0.6) is 0 Å². The third kappa shape index (κ3) is 23.0. The molecule has 6 heteroatoms. The fourth-order valence-corrected chi connectivity index (χ4v) is 0.795. The summed E-state index contributed by atoms with van der Waals surface area (Å²) in [6.45, 7) is 0.131. The highest BCUT2D eigenvalue weighted by Gasteiger charge is 1.94. The number of aliphatic hydroxyl groups excluding tert-OH is 2. The molecule has 0 saturated carbocycles. The molecule has 0 atom stereocenters. The van der Waals surface area contributed by atoms with Crippen molar-refractivity contribution >= 4 is 11.9 Å². The Balaban J connectivity index is 0. The zero-order chi connectivity index (χ0) is 12.8. The zero-order valence-electron chi connectivity index (χ0n) is 9.26. The minimum Gasteiger partial charge on any atom is -0.481 e. The Morgan fingerprint density at radius 2 is 1.12 bits per heavy atom. The molecule has 0 fully saturated rings. The van der Waals surface area contributed by atoms with Gasteiger partial charge >= 0.3 is 11.9 Å². The Kier molecular flexibility index (Phi) is 15.0. The van der Waals surface area contributed by atoms with Crippen molar-refractivity contribution in [2.45, 2.75) is 38.5 Å². The van der Waals surface area contributed by atoms with Gasteiger partial charge in [0.05, 0.1) is 0 Å². The molecule has 0 aliphatic heterocycles. The van der Waals surface area contributed by atoms with E-state index in [4.69, 9.17) is 20.4 Å². The highest BCUT2D eigenvalue weighted by Crippen LogP contribution is 1.97. The average molecular weight is 236 g/mol. The van der Waals surface area contributed by atoms with E-state index in [9.17, 15) is 9.59 Å². The van der Waals surface area contributed by atoms with Crippen molar-refractivity contribution in [3.8, 4) is 0 Å². The van der Waals surface area contributed by atoms with Crippen molar-refractivity contribution in [1.82, 2.24) is 0 Å². The van der Waals surface area contributed by atoms with Gasteiger partial charge in [-0.05, 0) is 19.3 Å². The number of aliphatic carboxylic acids is 2. The van der Waals surface area contributed by atoms with E-state index in [-0.39, 0.29) is 26.1 Å². The molecule has 96 valence electrons. The summed E-state index contributed by atoms with van der Waals surface area (Å²) in [5.41, 5.74) is 0. The first-order chi connectivity index (χ1) is 7.54. The van der Waals surface area contributed by atoms with Gasteiger partial charge in [-0.3, -0.25) is 9.59 Å². The first-order valence-electron chi connectivity index (χ1n) is 5.20. The summed E-state index contributed by atoms with van der Waals surface area (Å²) >= 11 is 0. The molecule has 0 aliphatic rings. The molecule has 0 aromatic heterocycles. The topological polar surface area (TPSA) is 115 Å². The van der Waals surface area contributed by atoms with Gasteiger partial charge in [-0.15, -0.1) is 0 Å². The Bertz CT molecular complexity index is 180. The van der Waals surface area contributed by atoms with E-state index in [0.717, 1.165) is 6.42 Å². The van der Waals surface area contributed by atoms with E-state index in [1.807, 2.05) is 0 Å². The molecule has 0 aromatic rings. The summed E-state index contributed by atoms with van der Waals surface area (Å²) in [6.07, 6.45) is 2.85. The van der Waals surface area contributed by atoms with Crippen LogP contribution in [0.2, 0.25) is 0 Å². The molecule has 16 heavy (non-hydrogen) atoms. The van der Waals surface area contributed by atoms with E-state index in [0.29, 0.717) is 19.3 Å². The summed E-state index contributed by atoms with van der Waals surface area (Å²) in [6, 6.07) is 0. The summed E-state index contributed by atoms with van der Waals surface area (Å²) in [7, 11) is 0. The third-order valence-corrected chi connectivity index (χ3v) is 1.60. The van der Waals surface area contributed by atoms with Gasteiger partial charge < -0.3 is 20.4 Å². The largest absolute Gasteiger partial charge is 0.481 e. The third-order valence-electron chi connectivity index (χ3n) is 1.60. The molecule has 0 heterocycles. The fraction of sp³-hybridized carbons (Fsp3) is 0.800. The molecule has 0 spiro atoms. The number of aliphatic hydroxyl groups is 2. The fourth-order valence-electron chi connectivity index (χ4n) is 0.795. The maximum absolute atomic E-state index is 9.90. The van der Waals surface area contributed by atoms with E-state index in [1.54, 1.807) is 0 Å². The van der Waals surface area contributed by atoms with Crippen LogP contribution >= 0.6 is 0 Å². The van der Waals surface area contributed by atoms with Crippen molar-refractivity contribution in [3.63, 3.8) is 0 Å². The average Bonchev–Trinajstić information content (AvgIpc) is 2.22. The molecule has 6 nitrogen and oxygen atoms in total. The molecule has 0 aromatic carbocycles. The minimum absolute atomic E-state index is 0.0354. The Morgan fingerprint density at radius 3 is 1.44 bits per heavy atom. The van der Waals surface area contributed by atoms with E-state index >= 15 is 0 Å². The van der Waals surface area contributed by atoms with Gasteiger partial charge in [-0.2, -0.15) is 0 Å². The predicted octanol–water partition coefficient (Wildman–Crippen LogP) is 0.467. The number of rotatable bonds is 8. The number of carboxylic acids is 2.